The van der Waals surface area contributed by atoms with Crippen LogP contribution in [0.1, 0.15) is 19.4 Å². The summed E-state index contributed by atoms with van der Waals surface area (Å²) in [6.07, 6.45) is 0.611. The Labute approximate surface area is 86.6 Å². The van der Waals surface area contributed by atoms with Crippen molar-refractivity contribution in [1.82, 2.24) is 0 Å². The lowest BCUT2D eigenvalue weighted by Crippen LogP contribution is -2.28. The fraction of sp³-hybridized carbons (Fsp3) is 0.400. The molecule has 3 nitrogen and oxygen atoms in total. The molecule has 14 heavy (non-hydrogen) atoms. The third-order valence-corrected chi connectivity index (χ3v) is 2.36. The van der Waals surface area contributed by atoms with Gasteiger partial charge in [0.1, 0.15) is 0 Å². The van der Waals surface area contributed by atoms with Crippen LogP contribution in [0, 0.1) is 0 Å². The Morgan fingerprint density at radius 1 is 1.36 bits per heavy atom. The molecule has 0 aliphatic heterocycles. The highest BCUT2D eigenvalue weighted by Crippen LogP contribution is 2.17. The van der Waals surface area contributed by atoms with Gasteiger partial charge in [0.2, 0.25) is 0 Å². The molecule has 1 aromatic carbocycles. The molecule has 0 spiro atoms. The third kappa shape index (κ3) is 4.00. The maximum atomic E-state index is 10.5. The number of hydrogen-bond acceptors (Lipinski definition) is 2. The van der Waals surface area contributed by atoms with Crippen LogP contribution in [0.25, 0.3) is 0 Å². The van der Waals surface area contributed by atoms with E-state index in [0.29, 0.717) is 6.42 Å². The maximum Gasteiger partial charge on any atom is 0.302 e. The largest absolute Gasteiger partial charge is 0.302 e. The van der Waals surface area contributed by atoms with Crippen LogP contribution < -0.4 is 0 Å². The van der Waals surface area contributed by atoms with Gasteiger partial charge in [-0.2, -0.15) is 4.21 Å². The molecule has 0 aliphatic rings. The summed E-state index contributed by atoms with van der Waals surface area (Å²) in [5, 5.41) is 0. The lowest BCUT2D eigenvalue weighted by atomic mass is 9.99. The Kier molecular flexibility index (Phi) is 3.80. The van der Waals surface area contributed by atoms with Crippen molar-refractivity contribution in [3.8, 4) is 0 Å². The summed E-state index contributed by atoms with van der Waals surface area (Å²) in [7, 11) is 0. The van der Waals surface area contributed by atoms with Gasteiger partial charge >= 0.3 is 11.4 Å². The van der Waals surface area contributed by atoms with Crippen LogP contribution in [0.15, 0.2) is 30.3 Å². The molecular formula is C10H14O3S. The van der Waals surface area contributed by atoms with Crippen molar-refractivity contribution < 1.29 is 12.9 Å². The van der Waals surface area contributed by atoms with E-state index in [-0.39, 0.29) is 0 Å². The highest BCUT2D eigenvalue weighted by molar-refractivity contribution is 7.74. The van der Waals surface area contributed by atoms with Crippen molar-refractivity contribution in [3.63, 3.8) is 0 Å². The Balaban J connectivity index is 2.63. The van der Waals surface area contributed by atoms with Gasteiger partial charge in [0.25, 0.3) is 0 Å². The molecule has 1 atom stereocenters. The van der Waals surface area contributed by atoms with E-state index in [0.717, 1.165) is 5.56 Å². The monoisotopic (exact) mass is 214 g/mol. The third-order valence-electron chi connectivity index (χ3n) is 1.77. The second-order valence-corrected chi connectivity index (χ2v) is 4.32. The molecule has 78 valence electrons. The molecule has 0 aromatic heterocycles. The fourth-order valence-electron chi connectivity index (χ4n) is 1.31. The van der Waals surface area contributed by atoms with Gasteiger partial charge in [-0.3, -0.25) is 8.74 Å². The van der Waals surface area contributed by atoms with Crippen molar-refractivity contribution in [2.24, 2.45) is 0 Å². The first-order valence-corrected chi connectivity index (χ1v) is 5.37. The van der Waals surface area contributed by atoms with Crippen LogP contribution >= 0.6 is 0 Å². The lowest BCUT2D eigenvalue weighted by Gasteiger charge is -2.22. The normalized spacial score (nSPS) is 13.9. The van der Waals surface area contributed by atoms with Crippen molar-refractivity contribution in [3.05, 3.63) is 35.9 Å². The SMILES string of the molecule is CC(C)(Cc1ccccc1)OS(=O)O. The highest BCUT2D eigenvalue weighted by Gasteiger charge is 2.21. The molecule has 1 N–H and O–H groups in total. The summed E-state index contributed by atoms with van der Waals surface area (Å²) >= 11 is -2.21. The summed E-state index contributed by atoms with van der Waals surface area (Å²) < 4.78 is 24.0. The quantitative estimate of drug-likeness (QED) is 0.781. The molecule has 0 fully saturated rings. The second kappa shape index (κ2) is 4.68. The summed E-state index contributed by atoms with van der Waals surface area (Å²) in [6.45, 7) is 3.57. The van der Waals surface area contributed by atoms with E-state index in [2.05, 4.69) is 0 Å². The minimum absolute atomic E-state index is 0.611. The minimum atomic E-state index is -2.21. The summed E-state index contributed by atoms with van der Waals surface area (Å²) in [5.41, 5.74) is 0.462. The molecule has 0 saturated heterocycles. The fourth-order valence-corrected chi connectivity index (χ4v) is 1.75. The first-order chi connectivity index (χ1) is 6.49. The van der Waals surface area contributed by atoms with Gasteiger partial charge in [-0.25, -0.2) is 0 Å². The Hall–Kier alpha value is -0.710. The molecule has 0 heterocycles. The van der Waals surface area contributed by atoms with Gasteiger partial charge in [0.15, 0.2) is 0 Å². The number of rotatable bonds is 4. The smallest absolute Gasteiger partial charge is 0.284 e. The Bertz CT molecular complexity index is 308. The highest BCUT2D eigenvalue weighted by atomic mass is 32.2. The van der Waals surface area contributed by atoms with E-state index in [9.17, 15) is 4.21 Å². The molecule has 0 aliphatic carbocycles. The van der Waals surface area contributed by atoms with Gasteiger partial charge in [0, 0.05) is 6.42 Å². The van der Waals surface area contributed by atoms with Gasteiger partial charge in [-0.1, -0.05) is 30.3 Å². The molecule has 0 amide bonds. The van der Waals surface area contributed by atoms with Crippen LogP contribution in [0.2, 0.25) is 0 Å². The van der Waals surface area contributed by atoms with Crippen molar-refractivity contribution in [1.29, 1.82) is 0 Å². The van der Waals surface area contributed by atoms with Gasteiger partial charge < -0.3 is 0 Å². The van der Waals surface area contributed by atoms with Crippen molar-refractivity contribution in [2.45, 2.75) is 25.9 Å². The average Bonchev–Trinajstić information content (AvgIpc) is 2.02. The molecule has 4 heteroatoms. The molecule has 0 bridgehead atoms. The van der Waals surface area contributed by atoms with E-state index in [1.54, 1.807) is 13.8 Å². The maximum absolute atomic E-state index is 10.5. The summed E-state index contributed by atoms with van der Waals surface area (Å²) in [5.74, 6) is 0. The van der Waals surface area contributed by atoms with E-state index < -0.39 is 17.0 Å². The van der Waals surface area contributed by atoms with E-state index in [1.807, 2.05) is 30.3 Å². The molecule has 1 rings (SSSR count). The molecule has 1 aromatic rings. The lowest BCUT2D eigenvalue weighted by molar-refractivity contribution is 0.115. The van der Waals surface area contributed by atoms with Crippen molar-refractivity contribution >= 4 is 11.4 Å². The average molecular weight is 214 g/mol. The zero-order valence-corrected chi connectivity index (χ0v) is 9.08. The summed E-state index contributed by atoms with van der Waals surface area (Å²) in [6, 6.07) is 9.72. The standard InChI is InChI=1S/C10H14O3S/c1-10(2,13-14(11)12)8-9-6-4-3-5-7-9/h3-7H,8H2,1-2H3,(H,11,12). The number of hydrogen-bond donors (Lipinski definition) is 1. The number of benzene rings is 1. The van der Waals surface area contributed by atoms with Crippen LogP contribution in [0.5, 0.6) is 0 Å². The first kappa shape index (κ1) is 11.4. The van der Waals surface area contributed by atoms with Crippen LogP contribution in [-0.4, -0.2) is 14.4 Å². The zero-order chi connectivity index (χ0) is 10.6. The van der Waals surface area contributed by atoms with Crippen molar-refractivity contribution in [2.75, 3.05) is 0 Å². The molecular weight excluding hydrogens is 200 g/mol. The van der Waals surface area contributed by atoms with Gasteiger partial charge in [-0.05, 0) is 19.4 Å². The predicted molar refractivity (Wildman–Crippen MR) is 56.1 cm³/mol. The van der Waals surface area contributed by atoms with E-state index >= 15 is 0 Å². The van der Waals surface area contributed by atoms with Crippen LogP contribution in [0.3, 0.4) is 0 Å². The molecule has 0 radical (unpaired) electrons. The topological polar surface area (TPSA) is 46.5 Å². The summed E-state index contributed by atoms with van der Waals surface area (Å²) in [4.78, 5) is 0. The Morgan fingerprint density at radius 3 is 2.43 bits per heavy atom. The van der Waals surface area contributed by atoms with Gasteiger partial charge in [0.05, 0.1) is 5.60 Å². The van der Waals surface area contributed by atoms with Gasteiger partial charge in [-0.15, -0.1) is 0 Å². The molecule has 0 saturated carbocycles. The second-order valence-electron chi connectivity index (χ2n) is 3.72. The van der Waals surface area contributed by atoms with E-state index in [4.69, 9.17) is 8.74 Å². The predicted octanol–water partition coefficient (Wildman–Crippen LogP) is 2.16. The zero-order valence-electron chi connectivity index (χ0n) is 8.27. The minimum Gasteiger partial charge on any atom is -0.284 e. The molecule has 1 unspecified atom stereocenters. The van der Waals surface area contributed by atoms with E-state index in [1.165, 1.54) is 0 Å². The van der Waals surface area contributed by atoms with Crippen LogP contribution in [0.4, 0.5) is 0 Å². The first-order valence-electron chi connectivity index (χ1n) is 4.34. The Morgan fingerprint density at radius 2 is 1.93 bits per heavy atom. The van der Waals surface area contributed by atoms with Crippen LogP contribution in [-0.2, 0) is 22.0 Å².